The first-order valence-electron chi connectivity index (χ1n) is 7.63. The van der Waals surface area contributed by atoms with Gasteiger partial charge in [-0.2, -0.15) is 0 Å². The summed E-state index contributed by atoms with van der Waals surface area (Å²) in [6, 6.07) is 0. The van der Waals surface area contributed by atoms with E-state index in [0.717, 1.165) is 6.42 Å². The topological polar surface area (TPSA) is 9.23 Å². The fourth-order valence-corrected chi connectivity index (χ4v) is 18.7. The summed E-state index contributed by atoms with van der Waals surface area (Å²) in [4.78, 5) is 0. The first kappa shape index (κ1) is 18.4. The molecule has 0 amide bonds. The summed E-state index contributed by atoms with van der Waals surface area (Å²) in [6.07, 6.45) is 7.81. The van der Waals surface area contributed by atoms with E-state index in [1.165, 1.54) is 0 Å². The number of hydrogen-bond donors (Lipinski definition) is 0. The molecule has 3 heteroatoms. The molecule has 0 aromatic carbocycles. The number of allylic oxidation sites excluding steroid dienone is 4. The van der Waals surface area contributed by atoms with Crippen LogP contribution < -0.4 is 0 Å². The molecule has 0 atom stereocenters. The van der Waals surface area contributed by atoms with Gasteiger partial charge in [0.1, 0.15) is 0 Å². The van der Waals surface area contributed by atoms with Crippen LogP contribution in [0.2, 0.25) is 15.1 Å². The van der Waals surface area contributed by atoms with Crippen molar-refractivity contribution in [2.75, 3.05) is 0 Å². The van der Waals surface area contributed by atoms with Gasteiger partial charge in [0.15, 0.2) is 0 Å². The molecule has 0 aliphatic heterocycles. The minimum atomic E-state index is -1.98. The zero-order valence-electron chi connectivity index (χ0n) is 14.8. The summed E-state index contributed by atoms with van der Waals surface area (Å²) < 4.78 is 8.50. The van der Waals surface area contributed by atoms with Gasteiger partial charge in [-0.25, -0.2) is 0 Å². The Hall–Kier alpha value is 0.371. The van der Waals surface area contributed by atoms with E-state index in [9.17, 15) is 0 Å². The van der Waals surface area contributed by atoms with E-state index in [1.54, 1.807) is 3.88 Å². The van der Waals surface area contributed by atoms with Crippen LogP contribution in [0.4, 0.5) is 0 Å². The van der Waals surface area contributed by atoms with E-state index in [2.05, 4.69) is 80.5 Å². The fourth-order valence-electron chi connectivity index (χ4n) is 4.50. The van der Waals surface area contributed by atoms with Crippen molar-refractivity contribution in [2.45, 2.75) is 83.8 Å². The van der Waals surface area contributed by atoms with Crippen LogP contribution in [0.15, 0.2) is 22.1 Å². The second-order valence-corrected chi connectivity index (χ2v) is 17.3. The molecule has 20 heavy (non-hydrogen) atoms. The Bertz CT molecular complexity index is 366. The van der Waals surface area contributed by atoms with Crippen LogP contribution >= 0.6 is 0 Å². The third kappa shape index (κ3) is 3.40. The molecule has 0 fully saturated rings. The van der Waals surface area contributed by atoms with E-state index >= 15 is 0 Å². The van der Waals surface area contributed by atoms with Crippen LogP contribution in [0.25, 0.3) is 0 Å². The van der Waals surface area contributed by atoms with Crippen molar-refractivity contribution in [3.63, 3.8) is 0 Å². The van der Waals surface area contributed by atoms with Crippen LogP contribution in [0.1, 0.15) is 68.7 Å². The molecule has 0 aromatic rings. The quantitative estimate of drug-likeness (QED) is 0.561. The Morgan fingerprint density at radius 2 is 1.35 bits per heavy atom. The third-order valence-corrected chi connectivity index (χ3v) is 13.9. The molecular formula is C17H32OSiTi. The van der Waals surface area contributed by atoms with E-state index in [-0.39, 0.29) is 15.1 Å². The minimum absolute atomic E-state index is 0.236. The molecule has 0 saturated carbocycles. The normalized spacial score (nSPS) is 17.4. The second-order valence-electron chi connectivity index (χ2n) is 8.96. The monoisotopic (exact) mass is 328 g/mol. The third-order valence-electron chi connectivity index (χ3n) is 4.28. The molecule has 0 heterocycles. The molecule has 1 rings (SSSR count). The number of rotatable bonds is 3. The second kappa shape index (κ2) is 5.87. The Balaban J connectivity index is 3.17. The molecule has 0 unspecified atom stereocenters. The molecule has 114 valence electrons. The zero-order valence-corrected chi connectivity index (χ0v) is 17.4. The molecule has 1 nitrogen and oxygen atoms in total. The van der Waals surface area contributed by atoms with E-state index < -0.39 is 27.9 Å². The van der Waals surface area contributed by atoms with Crippen molar-refractivity contribution in [1.29, 1.82) is 0 Å². The maximum absolute atomic E-state index is 6.96. The molecule has 0 bridgehead atoms. The Kier molecular flexibility index (Phi) is 5.41. The van der Waals surface area contributed by atoms with Gasteiger partial charge in [0.05, 0.1) is 0 Å². The summed E-state index contributed by atoms with van der Waals surface area (Å²) in [5.41, 5.74) is 0. The van der Waals surface area contributed by atoms with Gasteiger partial charge in [0.2, 0.25) is 0 Å². The van der Waals surface area contributed by atoms with E-state index in [1.807, 2.05) is 0 Å². The van der Waals surface area contributed by atoms with Gasteiger partial charge in [-0.15, -0.1) is 0 Å². The SMILES string of the molecule is CC(C)(C)[Si]([O][Ti][C]1=CC=CC1)(C(C)(C)C)C(C)(C)C. The van der Waals surface area contributed by atoms with Gasteiger partial charge >= 0.3 is 137 Å². The van der Waals surface area contributed by atoms with Gasteiger partial charge in [0.25, 0.3) is 0 Å². The van der Waals surface area contributed by atoms with Gasteiger partial charge in [-0.3, -0.25) is 0 Å². The molecule has 0 spiro atoms. The Labute approximate surface area is 136 Å². The molecule has 0 N–H and O–H groups in total. The van der Waals surface area contributed by atoms with Crippen LogP contribution in [0.3, 0.4) is 0 Å². The first-order valence-corrected chi connectivity index (χ1v) is 11.0. The standard InChI is InChI=1S/C12H27OSi.C5H5.Ti/c1-10(2,3)14(13,11(4,5)6)12(7,8)9;1-2-4-5-3-1;/h1-9H3;1-3H,4H2;/q-1;;+1. The van der Waals surface area contributed by atoms with Crippen LogP contribution in [-0.4, -0.2) is 8.32 Å². The zero-order chi connectivity index (χ0) is 15.8. The summed E-state index contributed by atoms with van der Waals surface area (Å²) in [6.45, 7) is 21.5. The summed E-state index contributed by atoms with van der Waals surface area (Å²) in [7, 11) is -1.98. The van der Waals surface area contributed by atoms with Gasteiger partial charge in [0, 0.05) is 0 Å². The average Bonchev–Trinajstić information content (AvgIpc) is 2.63. The van der Waals surface area contributed by atoms with Gasteiger partial charge in [-0.1, -0.05) is 0 Å². The van der Waals surface area contributed by atoms with Crippen LogP contribution in [0.5, 0.6) is 0 Å². The first-order chi connectivity index (χ1) is 8.83. The maximum atomic E-state index is 6.96. The Morgan fingerprint density at radius 1 is 0.900 bits per heavy atom. The fraction of sp³-hybridized carbons (Fsp3) is 0.765. The van der Waals surface area contributed by atoms with Crippen molar-refractivity contribution >= 4 is 8.32 Å². The molecular weight excluding hydrogens is 296 g/mol. The molecule has 1 aliphatic rings. The number of hydrogen-bond acceptors (Lipinski definition) is 1. The predicted molar refractivity (Wildman–Crippen MR) is 87.8 cm³/mol. The Morgan fingerprint density at radius 3 is 1.65 bits per heavy atom. The predicted octanol–water partition coefficient (Wildman–Crippen LogP) is 6.19. The van der Waals surface area contributed by atoms with Crippen molar-refractivity contribution in [2.24, 2.45) is 0 Å². The van der Waals surface area contributed by atoms with Crippen LogP contribution in [0, 0.1) is 0 Å². The summed E-state index contributed by atoms with van der Waals surface area (Å²) in [5.74, 6) is 0. The van der Waals surface area contributed by atoms with Crippen molar-refractivity contribution < 1.29 is 22.5 Å². The molecule has 1 aliphatic carbocycles. The van der Waals surface area contributed by atoms with Gasteiger partial charge in [-0.05, 0) is 0 Å². The molecule has 0 saturated heterocycles. The summed E-state index contributed by atoms with van der Waals surface area (Å²) >= 11 is -0.456. The molecule has 0 radical (unpaired) electrons. The van der Waals surface area contributed by atoms with Gasteiger partial charge < -0.3 is 0 Å². The van der Waals surface area contributed by atoms with Crippen molar-refractivity contribution in [3.05, 3.63) is 22.1 Å². The van der Waals surface area contributed by atoms with E-state index in [0.29, 0.717) is 0 Å². The van der Waals surface area contributed by atoms with E-state index in [4.69, 9.17) is 3.01 Å². The average molecular weight is 328 g/mol. The van der Waals surface area contributed by atoms with Crippen molar-refractivity contribution in [3.8, 4) is 0 Å². The van der Waals surface area contributed by atoms with Crippen molar-refractivity contribution in [1.82, 2.24) is 0 Å². The summed E-state index contributed by atoms with van der Waals surface area (Å²) in [5, 5.41) is 0.707. The van der Waals surface area contributed by atoms with Crippen LogP contribution in [-0.2, 0) is 22.5 Å². The molecule has 0 aromatic heterocycles.